The Morgan fingerprint density at radius 2 is 1.96 bits per heavy atom. The molecular formula is C21H24N2O4S. The third-order valence-electron chi connectivity index (χ3n) is 4.52. The molecule has 1 N–H and O–H groups in total. The summed E-state index contributed by atoms with van der Waals surface area (Å²) < 4.78 is 11.3. The number of ether oxygens (including phenoxy) is 2. The highest BCUT2D eigenvalue weighted by atomic mass is 32.1. The van der Waals surface area contributed by atoms with Gasteiger partial charge in [-0.2, -0.15) is 11.3 Å². The third-order valence-corrected chi connectivity index (χ3v) is 5.22. The Labute approximate surface area is 168 Å². The van der Waals surface area contributed by atoms with Crippen LogP contribution < -0.4 is 10.1 Å². The molecular weight excluding hydrogens is 376 g/mol. The zero-order valence-electron chi connectivity index (χ0n) is 16.4. The molecule has 0 saturated heterocycles. The number of thiophene rings is 1. The monoisotopic (exact) mass is 400 g/mol. The Balaban J connectivity index is 2.00. The normalized spacial score (nSPS) is 16.8. The Bertz CT molecular complexity index is 885. The van der Waals surface area contributed by atoms with E-state index in [1.165, 1.54) is 16.2 Å². The summed E-state index contributed by atoms with van der Waals surface area (Å²) in [6, 6.07) is 6.95. The summed E-state index contributed by atoms with van der Waals surface area (Å²) in [5.74, 6) is 0.240. The van der Waals surface area contributed by atoms with E-state index < -0.39 is 12.0 Å². The maximum atomic E-state index is 12.8. The van der Waals surface area contributed by atoms with Crippen molar-refractivity contribution < 1.29 is 19.1 Å². The van der Waals surface area contributed by atoms with E-state index >= 15 is 0 Å². The Morgan fingerprint density at radius 3 is 2.57 bits per heavy atom. The lowest BCUT2D eigenvalue weighted by Crippen LogP contribution is -2.48. The first-order valence-electron chi connectivity index (χ1n) is 9.08. The maximum Gasteiger partial charge on any atom is 0.338 e. The molecule has 2 heterocycles. The number of likely N-dealkylation sites (N-methyl/N-ethyl adjacent to an activating group) is 1. The van der Waals surface area contributed by atoms with Crippen LogP contribution in [-0.2, 0) is 9.53 Å². The standard InChI is InChI=1S/C21H24N2O4S/c1-5-26-20(24)18-17(11-27-16-9-13(2)8-14(3)10-16)23(4)21(25)22-19(18)15-6-7-28-12-15/h6-10,12,19H,5,11H2,1-4H3,(H,22,25). The smallest absolute Gasteiger partial charge is 0.338 e. The van der Waals surface area contributed by atoms with E-state index in [2.05, 4.69) is 11.4 Å². The molecule has 1 aromatic heterocycles. The van der Waals surface area contributed by atoms with Crippen LogP contribution in [0.4, 0.5) is 4.79 Å². The third kappa shape index (κ3) is 4.20. The highest BCUT2D eigenvalue weighted by Gasteiger charge is 2.37. The van der Waals surface area contributed by atoms with Crippen molar-refractivity contribution in [1.29, 1.82) is 0 Å². The number of nitrogens with zero attached hydrogens (tertiary/aromatic N) is 1. The van der Waals surface area contributed by atoms with Crippen LogP contribution in [0.15, 0.2) is 46.3 Å². The van der Waals surface area contributed by atoms with E-state index in [9.17, 15) is 9.59 Å². The first-order chi connectivity index (χ1) is 13.4. The molecule has 7 heteroatoms. The molecule has 0 saturated carbocycles. The van der Waals surface area contributed by atoms with Crippen molar-refractivity contribution in [3.8, 4) is 5.75 Å². The molecule has 3 rings (SSSR count). The summed E-state index contributed by atoms with van der Waals surface area (Å²) in [5, 5.41) is 6.71. The molecule has 2 aromatic rings. The van der Waals surface area contributed by atoms with E-state index in [0.29, 0.717) is 17.0 Å². The van der Waals surface area contributed by atoms with Gasteiger partial charge in [0.1, 0.15) is 12.4 Å². The van der Waals surface area contributed by atoms with E-state index in [-0.39, 0.29) is 19.2 Å². The number of esters is 1. The molecule has 28 heavy (non-hydrogen) atoms. The van der Waals surface area contributed by atoms with Gasteiger partial charge in [0.25, 0.3) is 0 Å². The van der Waals surface area contributed by atoms with Crippen molar-refractivity contribution in [2.24, 2.45) is 0 Å². The molecule has 1 aliphatic rings. The first-order valence-corrected chi connectivity index (χ1v) is 10.0. The second-order valence-electron chi connectivity index (χ2n) is 6.69. The predicted molar refractivity (Wildman–Crippen MR) is 108 cm³/mol. The van der Waals surface area contributed by atoms with Crippen molar-refractivity contribution in [1.82, 2.24) is 10.2 Å². The number of benzene rings is 1. The summed E-state index contributed by atoms with van der Waals surface area (Å²) in [6.45, 7) is 6.09. The molecule has 1 atom stereocenters. The topological polar surface area (TPSA) is 67.9 Å². The molecule has 2 amide bonds. The van der Waals surface area contributed by atoms with Crippen molar-refractivity contribution in [3.05, 3.63) is 63.0 Å². The quantitative estimate of drug-likeness (QED) is 0.746. The van der Waals surface area contributed by atoms with Gasteiger partial charge in [-0.25, -0.2) is 9.59 Å². The minimum atomic E-state index is -0.563. The van der Waals surface area contributed by atoms with Gasteiger partial charge >= 0.3 is 12.0 Å². The minimum Gasteiger partial charge on any atom is -0.487 e. The summed E-state index contributed by atoms with van der Waals surface area (Å²) >= 11 is 1.51. The van der Waals surface area contributed by atoms with Crippen molar-refractivity contribution in [2.45, 2.75) is 26.8 Å². The fourth-order valence-corrected chi connectivity index (χ4v) is 3.92. The summed E-state index contributed by atoms with van der Waals surface area (Å²) in [5.41, 5.74) is 3.91. The summed E-state index contributed by atoms with van der Waals surface area (Å²) in [4.78, 5) is 26.7. The molecule has 1 aliphatic heterocycles. The van der Waals surface area contributed by atoms with Crippen LogP contribution >= 0.6 is 11.3 Å². The number of carbonyl (C=O) groups is 2. The average molecular weight is 401 g/mol. The number of amides is 2. The molecule has 0 aliphatic carbocycles. The second kappa shape index (κ2) is 8.48. The van der Waals surface area contributed by atoms with Crippen LogP contribution in [-0.4, -0.2) is 37.2 Å². The van der Waals surface area contributed by atoms with Crippen molar-refractivity contribution >= 4 is 23.3 Å². The highest BCUT2D eigenvalue weighted by Crippen LogP contribution is 2.32. The van der Waals surface area contributed by atoms with Crippen LogP contribution in [0.1, 0.15) is 29.7 Å². The minimum absolute atomic E-state index is 0.0849. The van der Waals surface area contributed by atoms with E-state index in [1.807, 2.05) is 42.8 Å². The van der Waals surface area contributed by atoms with E-state index in [0.717, 1.165) is 16.7 Å². The van der Waals surface area contributed by atoms with Gasteiger partial charge in [-0.1, -0.05) is 6.07 Å². The van der Waals surface area contributed by atoms with Gasteiger partial charge in [0.05, 0.1) is 23.9 Å². The molecule has 148 valence electrons. The maximum absolute atomic E-state index is 12.8. The van der Waals surface area contributed by atoms with Gasteiger partial charge in [0, 0.05) is 7.05 Å². The first kappa shape index (κ1) is 19.9. The summed E-state index contributed by atoms with van der Waals surface area (Å²) in [7, 11) is 1.62. The fraction of sp³-hybridized carbons (Fsp3) is 0.333. The van der Waals surface area contributed by atoms with Gasteiger partial charge in [-0.05, 0) is 66.4 Å². The number of hydrogen-bond donors (Lipinski definition) is 1. The van der Waals surface area contributed by atoms with Crippen LogP contribution in [0.2, 0.25) is 0 Å². The number of carbonyl (C=O) groups excluding carboxylic acids is 2. The lowest BCUT2D eigenvalue weighted by atomic mass is 9.97. The van der Waals surface area contributed by atoms with Crippen molar-refractivity contribution in [3.63, 3.8) is 0 Å². The fourth-order valence-electron chi connectivity index (χ4n) is 3.24. The second-order valence-corrected chi connectivity index (χ2v) is 7.47. The van der Waals surface area contributed by atoms with Gasteiger partial charge < -0.3 is 14.8 Å². The largest absolute Gasteiger partial charge is 0.487 e. The van der Waals surface area contributed by atoms with Crippen LogP contribution in [0, 0.1) is 13.8 Å². The van der Waals surface area contributed by atoms with Crippen molar-refractivity contribution in [2.75, 3.05) is 20.3 Å². The molecule has 0 fully saturated rings. The van der Waals surface area contributed by atoms with Crippen LogP contribution in [0.3, 0.4) is 0 Å². The van der Waals surface area contributed by atoms with Crippen LogP contribution in [0.5, 0.6) is 5.75 Å². The number of aryl methyl sites for hydroxylation is 2. The number of urea groups is 1. The lowest BCUT2D eigenvalue weighted by molar-refractivity contribution is -0.139. The number of rotatable bonds is 6. The van der Waals surface area contributed by atoms with Crippen LogP contribution in [0.25, 0.3) is 0 Å². The Hall–Kier alpha value is -2.80. The molecule has 1 unspecified atom stereocenters. The lowest BCUT2D eigenvalue weighted by Gasteiger charge is -2.34. The highest BCUT2D eigenvalue weighted by molar-refractivity contribution is 7.08. The number of nitrogens with one attached hydrogen (secondary N) is 1. The summed E-state index contributed by atoms with van der Waals surface area (Å²) in [6.07, 6.45) is 0. The zero-order valence-corrected chi connectivity index (χ0v) is 17.3. The van der Waals surface area contributed by atoms with Gasteiger partial charge in [0.2, 0.25) is 0 Å². The van der Waals surface area contributed by atoms with E-state index in [1.54, 1.807) is 14.0 Å². The van der Waals surface area contributed by atoms with Gasteiger partial charge in [-0.3, -0.25) is 4.90 Å². The Kier molecular flexibility index (Phi) is 6.04. The molecule has 0 spiro atoms. The number of hydrogen-bond acceptors (Lipinski definition) is 5. The zero-order chi connectivity index (χ0) is 20.3. The predicted octanol–water partition coefficient (Wildman–Crippen LogP) is 3.96. The van der Waals surface area contributed by atoms with E-state index in [4.69, 9.17) is 9.47 Å². The molecule has 0 bridgehead atoms. The molecule has 0 radical (unpaired) electrons. The average Bonchev–Trinajstić information content (AvgIpc) is 3.16. The molecule has 1 aromatic carbocycles. The SMILES string of the molecule is CCOC(=O)C1=C(COc2cc(C)cc(C)c2)N(C)C(=O)NC1c1ccsc1. The van der Waals surface area contributed by atoms with Gasteiger partial charge in [-0.15, -0.1) is 0 Å². The Morgan fingerprint density at radius 1 is 1.25 bits per heavy atom. The van der Waals surface area contributed by atoms with Gasteiger partial charge in [0.15, 0.2) is 0 Å². The molecule has 6 nitrogen and oxygen atoms in total.